The zero-order valence-electron chi connectivity index (χ0n) is 11.0. The number of hydrogen-bond donors (Lipinski definition) is 2. The van der Waals surface area contributed by atoms with Crippen LogP contribution in [0.15, 0.2) is 58.3 Å². The molecule has 3 nitrogen and oxygen atoms in total. The number of carbonyl (C=O) groups excluding carboxylic acids is 1. The molecule has 0 aliphatic rings. The molecule has 0 aromatic heterocycles. The summed E-state index contributed by atoms with van der Waals surface area (Å²) in [6, 6.07) is 15.0. The van der Waals surface area contributed by atoms with E-state index in [1.807, 2.05) is 36.4 Å². The third-order valence-corrected chi connectivity index (χ3v) is 4.03. The summed E-state index contributed by atoms with van der Waals surface area (Å²) >= 11 is 1.52. The van der Waals surface area contributed by atoms with Crippen LogP contribution in [0, 0.1) is 0 Å². The van der Waals surface area contributed by atoms with Crippen LogP contribution in [-0.4, -0.2) is 17.4 Å². The first-order chi connectivity index (χ1) is 9.69. The van der Waals surface area contributed by atoms with Gasteiger partial charge in [0.1, 0.15) is 12.0 Å². The number of carbonyl (C=O) groups is 1. The second-order valence-corrected chi connectivity index (χ2v) is 5.67. The van der Waals surface area contributed by atoms with Crippen molar-refractivity contribution in [2.24, 2.45) is 5.73 Å². The quantitative estimate of drug-likeness (QED) is 0.802. The number of nitrogens with two attached hydrogens (primary N) is 1. The number of para-hydroxylation sites is 1. The van der Waals surface area contributed by atoms with E-state index in [-0.39, 0.29) is 6.04 Å². The number of phenols is 1. The molecule has 0 fully saturated rings. The lowest BCUT2D eigenvalue weighted by molar-refractivity contribution is -0.109. The van der Waals surface area contributed by atoms with Crippen molar-refractivity contribution in [2.45, 2.75) is 28.7 Å². The van der Waals surface area contributed by atoms with Crippen molar-refractivity contribution in [1.82, 2.24) is 0 Å². The molecule has 4 heteroatoms. The Morgan fingerprint density at radius 3 is 2.50 bits per heavy atom. The third-order valence-electron chi connectivity index (χ3n) is 2.96. The van der Waals surface area contributed by atoms with Crippen LogP contribution in [0.25, 0.3) is 0 Å². The highest BCUT2D eigenvalue weighted by Crippen LogP contribution is 2.33. The molecular weight excluding hydrogens is 270 g/mol. The van der Waals surface area contributed by atoms with Crippen molar-refractivity contribution in [1.29, 1.82) is 0 Å². The predicted molar refractivity (Wildman–Crippen MR) is 81.0 cm³/mol. The summed E-state index contributed by atoms with van der Waals surface area (Å²) in [7, 11) is 0. The van der Waals surface area contributed by atoms with E-state index >= 15 is 0 Å². The molecule has 0 saturated carbocycles. The number of aryl methyl sites for hydroxylation is 1. The molecule has 0 aliphatic heterocycles. The molecular formula is C16H17NO2S. The van der Waals surface area contributed by atoms with E-state index in [0.29, 0.717) is 12.2 Å². The molecule has 0 aliphatic carbocycles. The fourth-order valence-electron chi connectivity index (χ4n) is 1.80. The van der Waals surface area contributed by atoms with Gasteiger partial charge >= 0.3 is 0 Å². The van der Waals surface area contributed by atoms with Gasteiger partial charge in [0.15, 0.2) is 0 Å². The fourth-order valence-corrected chi connectivity index (χ4v) is 2.64. The highest BCUT2D eigenvalue weighted by Gasteiger charge is 2.04. The molecule has 3 N–H and O–H groups in total. The first-order valence-electron chi connectivity index (χ1n) is 6.44. The third kappa shape index (κ3) is 4.11. The predicted octanol–water partition coefficient (Wildman–Crippen LogP) is 3.00. The van der Waals surface area contributed by atoms with Crippen LogP contribution in [0.1, 0.15) is 12.0 Å². The van der Waals surface area contributed by atoms with Crippen LogP contribution in [0.5, 0.6) is 5.75 Å². The molecule has 1 atom stereocenters. The van der Waals surface area contributed by atoms with Gasteiger partial charge in [-0.1, -0.05) is 36.0 Å². The highest BCUT2D eigenvalue weighted by atomic mass is 32.2. The van der Waals surface area contributed by atoms with Gasteiger partial charge in [-0.15, -0.1) is 0 Å². The van der Waals surface area contributed by atoms with Gasteiger partial charge in [-0.05, 0) is 42.7 Å². The Kier molecular flexibility index (Phi) is 5.21. The average molecular weight is 287 g/mol. The second-order valence-electron chi connectivity index (χ2n) is 4.55. The Labute approximate surface area is 122 Å². The summed E-state index contributed by atoms with van der Waals surface area (Å²) in [4.78, 5) is 12.4. The first-order valence-corrected chi connectivity index (χ1v) is 7.26. The van der Waals surface area contributed by atoms with Gasteiger partial charge in [0.2, 0.25) is 0 Å². The van der Waals surface area contributed by atoms with E-state index in [9.17, 15) is 9.90 Å². The van der Waals surface area contributed by atoms with E-state index in [0.717, 1.165) is 28.1 Å². The van der Waals surface area contributed by atoms with Gasteiger partial charge in [-0.2, -0.15) is 0 Å². The van der Waals surface area contributed by atoms with Crippen LogP contribution >= 0.6 is 11.8 Å². The molecule has 1 unspecified atom stereocenters. The van der Waals surface area contributed by atoms with Crippen molar-refractivity contribution in [3.05, 3.63) is 54.1 Å². The van der Waals surface area contributed by atoms with Crippen molar-refractivity contribution < 1.29 is 9.90 Å². The Morgan fingerprint density at radius 1 is 1.15 bits per heavy atom. The topological polar surface area (TPSA) is 63.3 Å². The maximum atomic E-state index is 10.5. The number of benzene rings is 2. The Morgan fingerprint density at radius 2 is 1.85 bits per heavy atom. The van der Waals surface area contributed by atoms with Crippen molar-refractivity contribution in [3.63, 3.8) is 0 Å². The van der Waals surface area contributed by atoms with Gasteiger partial charge in [-0.3, -0.25) is 0 Å². The zero-order chi connectivity index (χ0) is 14.4. The molecule has 2 aromatic carbocycles. The SMILES string of the molecule is NC(C=O)CCc1ccc(Sc2ccccc2O)cc1. The fraction of sp³-hybridized carbons (Fsp3) is 0.188. The molecule has 0 spiro atoms. The number of aromatic hydroxyl groups is 1. The summed E-state index contributed by atoms with van der Waals surface area (Å²) in [5.41, 5.74) is 6.73. The van der Waals surface area contributed by atoms with Crippen LogP contribution < -0.4 is 5.73 Å². The van der Waals surface area contributed by atoms with Crippen LogP contribution in [0.4, 0.5) is 0 Å². The molecule has 0 saturated heterocycles. The van der Waals surface area contributed by atoms with Crippen molar-refractivity contribution >= 4 is 18.0 Å². The molecule has 2 rings (SSSR count). The Hall–Kier alpha value is -1.78. The molecule has 0 radical (unpaired) electrons. The number of rotatable bonds is 6. The summed E-state index contributed by atoms with van der Waals surface area (Å²) in [5.74, 6) is 0.290. The summed E-state index contributed by atoms with van der Waals surface area (Å²) in [6.45, 7) is 0. The van der Waals surface area contributed by atoms with Crippen molar-refractivity contribution in [3.8, 4) is 5.75 Å². The first kappa shape index (κ1) is 14.6. The van der Waals surface area contributed by atoms with E-state index in [2.05, 4.69) is 0 Å². The summed E-state index contributed by atoms with van der Waals surface area (Å²) < 4.78 is 0. The van der Waals surface area contributed by atoms with Crippen LogP contribution in [-0.2, 0) is 11.2 Å². The molecule has 0 bridgehead atoms. The molecule has 0 heterocycles. The molecule has 104 valence electrons. The standard InChI is InChI=1S/C16H17NO2S/c17-13(11-18)8-5-12-6-9-14(10-7-12)20-16-4-2-1-3-15(16)19/h1-4,6-7,9-11,13,19H,5,8,17H2. The summed E-state index contributed by atoms with van der Waals surface area (Å²) in [5, 5.41) is 9.73. The maximum absolute atomic E-state index is 10.5. The zero-order valence-corrected chi connectivity index (χ0v) is 11.8. The number of aldehydes is 1. The normalized spacial score (nSPS) is 12.1. The highest BCUT2D eigenvalue weighted by molar-refractivity contribution is 7.99. The second kappa shape index (κ2) is 7.12. The minimum Gasteiger partial charge on any atom is -0.507 e. The van der Waals surface area contributed by atoms with Gasteiger partial charge < -0.3 is 15.6 Å². The molecule has 0 amide bonds. The van der Waals surface area contributed by atoms with Gasteiger partial charge in [0.25, 0.3) is 0 Å². The lowest BCUT2D eigenvalue weighted by Crippen LogP contribution is -2.21. The summed E-state index contributed by atoms with van der Waals surface area (Å²) in [6.07, 6.45) is 2.24. The minimum atomic E-state index is -0.384. The van der Waals surface area contributed by atoms with E-state index in [1.165, 1.54) is 11.8 Å². The number of phenolic OH excluding ortho intramolecular Hbond substituents is 1. The van der Waals surface area contributed by atoms with Crippen LogP contribution in [0.3, 0.4) is 0 Å². The Bertz CT molecular complexity index is 569. The van der Waals surface area contributed by atoms with Gasteiger partial charge in [-0.25, -0.2) is 0 Å². The smallest absolute Gasteiger partial charge is 0.136 e. The number of hydrogen-bond acceptors (Lipinski definition) is 4. The van der Waals surface area contributed by atoms with Gasteiger partial charge in [0, 0.05) is 4.90 Å². The molecule has 2 aromatic rings. The van der Waals surface area contributed by atoms with E-state index in [4.69, 9.17) is 5.73 Å². The lowest BCUT2D eigenvalue weighted by Gasteiger charge is -2.06. The van der Waals surface area contributed by atoms with Crippen LogP contribution in [0.2, 0.25) is 0 Å². The minimum absolute atomic E-state index is 0.290. The largest absolute Gasteiger partial charge is 0.507 e. The molecule has 20 heavy (non-hydrogen) atoms. The van der Waals surface area contributed by atoms with Gasteiger partial charge in [0.05, 0.1) is 10.9 Å². The van der Waals surface area contributed by atoms with E-state index in [1.54, 1.807) is 12.1 Å². The Balaban J connectivity index is 1.98. The van der Waals surface area contributed by atoms with E-state index < -0.39 is 0 Å². The van der Waals surface area contributed by atoms with Crippen molar-refractivity contribution in [2.75, 3.05) is 0 Å². The average Bonchev–Trinajstić information content (AvgIpc) is 2.48. The monoisotopic (exact) mass is 287 g/mol. The lowest BCUT2D eigenvalue weighted by atomic mass is 10.1. The maximum Gasteiger partial charge on any atom is 0.136 e.